The van der Waals surface area contributed by atoms with Crippen LogP contribution in [0.5, 0.6) is 0 Å². The van der Waals surface area contributed by atoms with Gasteiger partial charge >= 0.3 is 0 Å². The molecule has 4 nitrogen and oxygen atoms in total. The van der Waals surface area contributed by atoms with E-state index in [1.54, 1.807) is 0 Å². The Morgan fingerprint density at radius 2 is 2.00 bits per heavy atom. The number of rotatable bonds is 5. The minimum Gasteiger partial charge on any atom is -0.339 e. The Hall–Kier alpha value is -2.29. The quantitative estimate of drug-likeness (QED) is 0.842. The van der Waals surface area contributed by atoms with Gasteiger partial charge in [0.25, 0.3) is 0 Å². The number of nitrogens with zero attached hydrogens (tertiary/aromatic N) is 3. The molecule has 1 atom stereocenters. The number of aromatic nitrogens is 2. The molecule has 0 fully saturated rings. The second-order valence-corrected chi connectivity index (χ2v) is 4.73. The van der Waals surface area contributed by atoms with Crippen LogP contribution in [0.15, 0.2) is 22.7 Å². The smallest absolute Gasteiger partial charge is 0.226 e. The summed E-state index contributed by atoms with van der Waals surface area (Å²) in [7, 11) is 0. The molecule has 0 aliphatic carbocycles. The van der Waals surface area contributed by atoms with Crippen LogP contribution in [0.3, 0.4) is 0 Å². The van der Waals surface area contributed by atoms with Crippen LogP contribution in [0.25, 0.3) is 0 Å². The van der Waals surface area contributed by atoms with Crippen molar-refractivity contribution >= 4 is 0 Å². The molecule has 0 saturated carbocycles. The fraction of sp³-hybridized carbons (Fsp3) is 0.357. The van der Waals surface area contributed by atoms with Gasteiger partial charge in [-0.3, -0.25) is 0 Å². The summed E-state index contributed by atoms with van der Waals surface area (Å²) in [6.45, 7) is 1.91. The maximum absolute atomic E-state index is 13.1. The fourth-order valence-electron chi connectivity index (χ4n) is 1.87. The minimum absolute atomic E-state index is 0.125. The van der Waals surface area contributed by atoms with E-state index < -0.39 is 11.6 Å². The molecule has 0 aliphatic heterocycles. The van der Waals surface area contributed by atoms with Crippen molar-refractivity contribution in [1.82, 2.24) is 10.1 Å². The molecule has 104 valence electrons. The van der Waals surface area contributed by atoms with E-state index in [1.165, 1.54) is 12.1 Å². The van der Waals surface area contributed by atoms with Gasteiger partial charge in [-0.2, -0.15) is 10.2 Å². The molecule has 0 aliphatic rings. The molecule has 20 heavy (non-hydrogen) atoms. The van der Waals surface area contributed by atoms with E-state index in [9.17, 15) is 8.78 Å². The zero-order valence-electron chi connectivity index (χ0n) is 10.9. The highest BCUT2D eigenvalue weighted by Gasteiger charge is 2.12. The molecule has 0 N–H and O–H groups in total. The Labute approximate surface area is 115 Å². The number of benzene rings is 1. The van der Waals surface area contributed by atoms with Crippen molar-refractivity contribution in [1.29, 1.82) is 5.26 Å². The zero-order valence-corrected chi connectivity index (χ0v) is 10.9. The molecule has 1 heterocycles. The highest BCUT2D eigenvalue weighted by Crippen LogP contribution is 2.14. The number of hydrogen-bond donors (Lipinski definition) is 0. The third-order valence-electron chi connectivity index (χ3n) is 2.76. The lowest BCUT2D eigenvalue weighted by Gasteiger charge is -2.00. The second kappa shape index (κ2) is 6.24. The van der Waals surface area contributed by atoms with Gasteiger partial charge in [0.15, 0.2) is 5.82 Å². The van der Waals surface area contributed by atoms with Crippen LogP contribution in [0, 0.1) is 28.9 Å². The molecule has 0 spiro atoms. The predicted molar refractivity (Wildman–Crippen MR) is 66.6 cm³/mol. The van der Waals surface area contributed by atoms with Crippen molar-refractivity contribution in [3.8, 4) is 6.07 Å². The summed E-state index contributed by atoms with van der Waals surface area (Å²) >= 11 is 0. The van der Waals surface area contributed by atoms with Gasteiger partial charge < -0.3 is 4.52 Å². The Bertz CT molecular complexity index is 613. The number of nitriles is 1. The molecule has 2 rings (SSSR count). The Morgan fingerprint density at radius 1 is 1.30 bits per heavy atom. The highest BCUT2D eigenvalue weighted by atomic mass is 19.1. The lowest BCUT2D eigenvalue weighted by atomic mass is 10.1. The van der Waals surface area contributed by atoms with Gasteiger partial charge in [0.1, 0.15) is 11.6 Å². The van der Waals surface area contributed by atoms with Crippen molar-refractivity contribution in [3.05, 3.63) is 47.1 Å². The zero-order chi connectivity index (χ0) is 14.5. The van der Waals surface area contributed by atoms with Gasteiger partial charge in [-0.05, 0) is 23.6 Å². The van der Waals surface area contributed by atoms with E-state index in [0.29, 0.717) is 30.1 Å². The van der Waals surface area contributed by atoms with Gasteiger partial charge in [-0.15, -0.1) is 0 Å². The van der Waals surface area contributed by atoms with Crippen LogP contribution in [0.2, 0.25) is 0 Å². The first-order valence-electron chi connectivity index (χ1n) is 6.20. The van der Waals surface area contributed by atoms with E-state index in [2.05, 4.69) is 16.2 Å². The lowest BCUT2D eigenvalue weighted by Crippen LogP contribution is -1.99. The van der Waals surface area contributed by atoms with E-state index in [0.717, 1.165) is 6.07 Å². The molecule has 0 bridgehead atoms. The summed E-state index contributed by atoms with van der Waals surface area (Å²) in [6.07, 6.45) is 1.12. The SMILES string of the molecule is CC(CC#N)Cc1nc(Cc2cc(F)cc(F)c2)no1. The number of halogens is 2. The molecule has 1 aromatic heterocycles. The predicted octanol–water partition coefficient (Wildman–Crippen LogP) is 3.03. The van der Waals surface area contributed by atoms with E-state index in [1.807, 2.05) is 6.92 Å². The summed E-state index contributed by atoms with van der Waals surface area (Å²) in [4.78, 5) is 4.16. The summed E-state index contributed by atoms with van der Waals surface area (Å²) in [5.41, 5.74) is 0.444. The molecule has 0 amide bonds. The van der Waals surface area contributed by atoms with Crippen LogP contribution in [-0.2, 0) is 12.8 Å². The van der Waals surface area contributed by atoms with Crippen LogP contribution in [0.4, 0.5) is 8.78 Å². The molecular weight excluding hydrogens is 264 g/mol. The van der Waals surface area contributed by atoms with Crippen LogP contribution in [-0.4, -0.2) is 10.1 Å². The monoisotopic (exact) mass is 277 g/mol. The first-order valence-corrected chi connectivity index (χ1v) is 6.20. The first-order chi connectivity index (χ1) is 9.56. The summed E-state index contributed by atoms with van der Waals surface area (Å²) in [5, 5.41) is 12.3. The third-order valence-corrected chi connectivity index (χ3v) is 2.76. The fourth-order valence-corrected chi connectivity index (χ4v) is 1.87. The van der Waals surface area contributed by atoms with Gasteiger partial charge in [0.2, 0.25) is 5.89 Å². The maximum atomic E-state index is 13.1. The largest absolute Gasteiger partial charge is 0.339 e. The van der Waals surface area contributed by atoms with Gasteiger partial charge in [-0.25, -0.2) is 8.78 Å². The molecular formula is C14H13F2N3O. The molecule has 1 aromatic carbocycles. The van der Waals surface area contributed by atoms with Crippen molar-refractivity contribution in [2.24, 2.45) is 5.92 Å². The van der Waals surface area contributed by atoms with Crippen molar-refractivity contribution in [2.75, 3.05) is 0 Å². The second-order valence-electron chi connectivity index (χ2n) is 4.73. The summed E-state index contributed by atoms with van der Waals surface area (Å²) < 4.78 is 31.2. The minimum atomic E-state index is -0.633. The highest BCUT2D eigenvalue weighted by molar-refractivity contribution is 5.21. The van der Waals surface area contributed by atoms with E-state index in [4.69, 9.17) is 9.78 Å². The maximum Gasteiger partial charge on any atom is 0.226 e. The van der Waals surface area contributed by atoms with E-state index in [-0.39, 0.29) is 12.3 Å². The normalized spacial score (nSPS) is 12.1. The topological polar surface area (TPSA) is 62.7 Å². The van der Waals surface area contributed by atoms with Crippen molar-refractivity contribution in [2.45, 2.75) is 26.2 Å². The summed E-state index contributed by atoms with van der Waals surface area (Å²) in [5.74, 6) is -0.341. The Morgan fingerprint density at radius 3 is 2.65 bits per heavy atom. The molecule has 0 saturated heterocycles. The average Bonchev–Trinajstić information content (AvgIpc) is 2.75. The van der Waals surface area contributed by atoms with Crippen LogP contribution >= 0.6 is 0 Å². The average molecular weight is 277 g/mol. The van der Waals surface area contributed by atoms with Crippen molar-refractivity contribution < 1.29 is 13.3 Å². The van der Waals surface area contributed by atoms with Gasteiger partial charge in [0, 0.05) is 25.3 Å². The Balaban J connectivity index is 2.04. The van der Waals surface area contributed by atoms with Crippen molar-refractivity contribution in [3.63, 3.8) is 0 Å². The van der Waals surface area contributed by atoms with Crippen LogP contribution in [0.1, 0.15) is 30.6 Å². The summed E-state index contributed by atoms with van der Waals surface area (Å²) in [6, 6.07) is 5.35. The van der Waals surface area contributed by atoms with Gasteiger partial charge in [-0.1, -0.05) is 12.1 Å². The Kier molecular flexibility index (Phi) is 4.41. The first kappa shape index (κ1) is 14.1. The van der Waals surface area contributed by atoms with E-state index >= 15 is 0 Å². The number of hydrogen-bond acceptors (Lipinski definition) is 4. The molecule has 2 aromatic rings. The standard InChI is InChI=1S/C14H13F2N3O/c1-9(2-3-17)4-14-18-13(19-20-14)7-10-5-11(15)8-12(16)6-10/h5-6,8-9H,2,4,7H2,1H3. The molecule has 0 radical (unpaired) electrons. The third kappa shape index (κ3) is 3.85. The molecule has 6 heteroatoms. The lowest BCUT2D eigenvalue weighted by molar-refractivity contribution is 0.355. The van der Waals surface area contributed by atoms with Crippen LogP contribution < -0.4 is 0 Å². The molecule has 1 unspecified atom stereocenters. The van der Waals surface area contributed by atoms with Gasteiger partial charge in [0.05, 0.1) is 6.07 Å².